The second-order valence-corrected chi connectivity index (χ2v) is 8.81. The van der Waals surface area contributed by atoms with Crippen LogP contribution >= 0.6 is 0 Å². The lowest BCUT2D eigenvalue weighted by molar-refractivity contribution is -0.142. The largest absolute Gasteiger partial charge is 0.350 e. The summed E-state index contributed by atoms with van der Waals surface area (Å²) < 4.78 is 0. The van der Waals surface area contributed by atoms with Gasteiger partial charge in [0.15, 0.2) is 0 Å². The smallest absolute Gasteiger partial charge is 0.246 e. The molecule has 34 heavy (non-hydrogen) atoms. The number of carbonyl (C=O) groups excluding carboxylic acids is 3. The fourth-order valence-electron chi connectivity index (χ4n) is 4.17. The molecule has 2 aromatic rings. The minimum atomic E-state index is -0.673. The molecule has 0 saturated carbocycles. The molecule has 178 valence electrons. The maximum Gasteiger partial charge on any atom is 0.246 e. The van der Waals surface area contributed by atoms with Crippen molar-refractivity contribution in [1.29, 1.82) is 5.26 Å². The van der Waals surface area contributed by atoms with Crippen LogP contribution in [0.5, 0.6) is 0 Å². The summed E-state index contributed by atoms with van der Waals surface area (Å²) in [6.45, 7) is 4.75. The molecule has 2 N–H and O–H groups in total. The average Bonchev–Trinajstić information content (AvgIpc) is 3.36. The van der Waals surface area contributed by atoms with Crippen LogP contribution in [0.25, 0.3) is 0 Å². The van der Waals surface area contributed by atoms with Crippen molar-refractivity contribution in [3.63, 3.8) is 0 Å². The number of likely N-dealkylation sites (tertiary alicyclic amines) is 1. The molecule has 0 unspecified atom stereocenters. The van der Waals surface area contributed by atoms with E-state index in [1.165, 1.54) is 0 Å². The predicted molar refractivity (Wildman–Crippen MR) is 129 cm³/mol. The Balaban J connectivity index is 1.64. The zero-order valence-corrected chi connectivity index (χ0v) is 19.8. The minimum absolute atomic E-state index is 0.0600. The highest BCUT2D eigenvalue weighted by atomic mass is 16.2. The van der Waals surface area contributed by atoms with Crippen LogP contribution in [0.2, 0.25) is 0 Å². The van der Waals surface area contributed by atoms with Gasteiger partial charge in [-0.05, 0) is 42.0 Å². The SMILES string of the molecule is CC[C@H](C)[C@H](NC(=O)Cc1ccccc1)C(=O)N1CCC[C@H]1C(=O)NCc1ccc(C#N)cc1. The lowest BCUT2D eigenvalue weighted by Gasteiger charge is -2.31. The average molecular weight is 461 g/mol. The van der Waals surface area contributed by atoms with Crippen LogP contribution in [0.1, 0.15) is 49.8 Å². The Hall–Kier alpha value is -3.66. The standard InChI is InChI=1S/C27H32N4O3/c1-3-19(2)25(30-24(32)16-20-8-5-4-6-9-20)27(34)31-15-7-10-23(31)26(33)29-18-22-13-11-21(17-28)12-14-22/h4-6,8-9,11-14,19,23,25H,3,7,10,15-16,18H2,1-2H3,(H,29,33)(H,30,32)/t19-,23-,25-/m0/s1. The summed E-state index contributed by atoms with van der Waals surface area (Å²) in [6, 6.07) is 17.3. The molecule has 7 heteroatoms. The third kappa shape index (κ3) is 6.44. The molecular formula is C27H32N4O3. The van der Waals surface area contributed by atoms with Crippen LogP contribution in [0, 0.1) is 17.2 Å². The number of hydrogen-bond acceptors (Lipinski definition) is 4. The van der Waals surface area contributed by atoms with E-state index in [1.54, 1.807) is 29.2 Å². The summed E-state index contributed by atoms with van der Waals surface area (Å²) in [4.78, 5) is 40.8. The van der Waals surface area contributed by atoms with Gasteiger partial charge >= 0.3 is 0 Å². The topological polar surface area (TPSA) is 102 Å². The van der Waals surface area contributed by atoms with Crippen molar-refractivity contribution in [2.75, 3.05) is 6.54 Å². The predicted octanol–water partition coefficient (Wildman–Crippen LogP) is 2.94. The van der Waals surface area contributed by atoms with Crippen LogP contribution in [-0.2, 0) is 27.3 Å². The number of nitrogens with one attached hydrogen (secondary N) is 2. The number of nitriles is 1. The van der Waals surface area contributed by atoms with Crippen molar-refractivity contribution in [1.82, 2.24) is 15.5 Å². The second-order valence-electron chi connectivity index (χ2n) is 8.81. The normalized spacial score (nSPS) is 16.9. The van der Waals surface area contributed by atoms with Crippen LogP contribution in [0.3, 0.4) is 0 Å². The van der Waals surface area contributed by atoms with E-state index < -0.39 is 12.1 Å². The fraction of sp³-hybridized carbons (Fsp3) is 0.407. The summed E-state index contributed by atoms with van der Waals surface area (Å²) in [5.41, 5.74) is 2.33. The highest BCUT2D eigenvalue weighted by Gasteiger charge is 2.39. The molecule has 1 fully saturated rings. The summed E-state index contributed by atoms with van der Waals surface area (Å²) in [7, 11) is 0. The van der Waals surface area contributed by atoms with Gasteiger partial charge in [0.2, 0.25) is 17.7 Å². The van der Waals surface area contributed by atoms with Gasteiger partial charge < -0.3 is 15.5 Å². The van der Waals surface area contributed by atoms with Crippen LogP contribution in [-0.4, -0.2) is 41.2 Å². The molecule has 0 aliphatic carbocycles. The molecule has 2 aromatic carbocycles. The lowest BCUT2D eigenvalue weighted by Crippen LogP contribution is -2.55. The highest BCUT2D eigenvalue weighted by Crippen LogP contribution is 2.22. The van der Waals surface area contributed by atoms with Crippen molar-refractivity contribution in [3.8, 4) is 6.07 Å². The molecule has 0 spiro atoms. The van der Waals surface area contributed by atoms with Crippen molar-refractivity contribution in [2.45, 2.75) is 58.2 Å². The number of hydrogen-bond donors (Lipinski definition) is 2. The van der Waals surface area contributed by atoms with E-state index >= 15 is 0 Å². The number of amides is 3. The Morgan fingerprint density at radius 2 is 1.79 bits per heavy atom. The van der Waals surface area contributed by atoms with E-state index in [2.05, 4.69) is 16.7 Å². The Kier molecular flexibility index (Phi) is 8.80. The Bertz CT molecular complexity index is 1030. The lowest BCUT2D eigenvalue weighted by atomic mass is 9.97. The van der Waals surface area contributed by atoms with E-state index in [0.717, 1.165) is 24.0 Å². The van der Waals surface area contributed by atoms with Gasteiger partial charge in [0.1, 0.15) is 12.1 Å². The number of carbonyl (C=O) groups is 3. The monoisotopic (exact) mass is 460 g/mol. The van der Waals surface area contributed by atoms with Gasteiger partial charge in [-0.1, -0.05) is 62.7 Å². The third-order valence-electron chi connectivity index (χ3n) is 6.39. The van der Waals surface area contributed by atoms with E-state index in [9.17, 15) is 14.4 Å². The quantitative estimate of drug-likeness (QED) is 0.601. The van der Waals surface area contributed by atoms with Crippen molar-refractivity contribution >= 4 is 17.7 Å². The van der Waals surface area contributed by atoms with Gasteiger partial charge in [0, 0.05) is 13.1 Å². The molecule has 0 aromatic heterocycles. The molecular weight excluding hydrogens is 428 g/mol. The zero-order chi connectivity index (χ0) is 24.5. The third-order valence-corrected chi connectivity index (χ3v) is 6.39. The van der Waals surface area contributed by atoms with Crippen LogP contribution in [0.4, 0.5) is 0 Å². The molecule has 1 saturated heterocycles. The fourth-order valence-corrected chi connectivity index (χ4v) is 4.17. The van der Waals surface area contributed by atoms with Crippen molar-refractivity contribution < 1.29 is 14.4 Å². The first-order chi connectivity index (χ1) is 16.4. The molecule has 0 bridgehead atoms. The maximum absolute atomic E-state index is 13.5. The first-order valence-electron chi connectivity index (χ1n) is 11.8. The number of benzene rings is 2. The summed E-state index contributed by atoms with van der Waals surface area (Å²) in [6.07, 6.45) is 2.27. The van der Waals surface area contributed by atoms with Gasteiger partial charge in [-0.3, -0.25) is 14.4 Å². The summed E-state index contributed by atoms with van der Waals surface area (Å²) in [5, 5.41) is 14.8. The minimum Gasteiger partial charge on any atom is -0.350 e. The molecule has 7 nitrogen and oxygen atoms in total. The van der Waals surface area contributed by atoms with Gasteiger partial charge in [-0.15, -0.1) is 0 Å². The number of nitrogens with zero attached hydrogens (tertiary/aromatic N) is 2. The molecule has 3 atom stereocenters. The highest BCUT2D eigenvalue weighted by molar-refractivity contribution is 5.93. The van der Waals surface area contributed by atoms with Crippen LogP contribution < -0.4 is 10.6 Å². The van der Waals surface area contributed by atoms with Gasteiger partial charge in [-0.25, -0.2) is 0 Å². The van der Waals surface area contributed by atoms with Crippen molar-refractivity contribution in [3.05, 3.63) is 71.3 Å². The number of rotatable bonds is 9. The Morgan fingerprint density at radius 3 is 2.44 bits per heavy atom. The van der Waals surface area contributed by atoms with Gasteiger partial charge in [-0.2, -0.15) is 5.26 Å². The molecule has 1 aliphatic rings. The van der Waals surface area contributed by atoms with Gasteiger partial charge in [0.05, 0.1) is 18.1 Å². The molecule has 3 amide bonds. The van der Waals surface area contributed by atoms with E-state index in [4.69, 9.17) is 5.26 Å². The van der Waals surface area contributed by atoms with E-state index in [-0.39, 0.29) is 30.1 Å². The molecule has 3 rings (SSSR count). The van der Waals surface area contributed by atoms with Crippen LogP contribution in [0.15, 0.2) is 54.6 Å². The second kappa shape index (κ2) is 12.0. The maximum atomic E-state index is 13.5. The summed E-state index contributed by atoms with van der Waals surface area (Å²) in [5.74, 6) is -0.665. The van der Waals surface area contributed by atoms with Crippen molar-refractivity contribution in [2.24, 2.45) is 5.92 Å². The first-order valence-corrected chi connectivity index (χ1v) is 11.8. The van der Waals surface area contributed by atoms with E-state index in [0.29, 0.717) is 25.1 Å². The summed E-state index contributed by atoms with van der Waals surface area (Å²) >= 11 is 0. The zero-order valence-electron chi connectivity index (χ0n) is 19.8. The van der Waals surface area contributed by atoms with Gasteiger partial charge in [0.25, 0.3) is 0 Å². The first kappa shape index (κ1) is 25.0. The molecule has 0 radical (unpaired) electrons. The molecule has 1 heterocycles. The Morgan fingerprint density at radius 1 is 1.09 bits per heavy atom. The molecule has 1 aliphatic heterocycles. The van der Waals surface area contributed by atoms with E-state index in [1.807, 2.05) is 44.2 Å². The Labute approximate surface area is 201 Å².